The van der Waals surface area contributed by atoms with Crippen LogP contribution in [-0.2, 0) is 11.4 Å². The van der Waals surface area contributed by atoms with E-state index in [4.69, 9.17) is 4.74 Å². The minimum atomic E-state index is -0.273. The number of carbonyl (C=O) groups excluding carboxylic acids is 1. The Balaban J connectivity index is 0.00000243. The number of hydrogen-bond donors (Lipinski definition) is 2. The van der Waals surface area contributed by atoms with Gasteiger partial charge in [-0.1, -0.05) is 12.1 Å². The Kier molecular flexibility index (Phi) is 7.42. The van der Waals surface area contributed by atoms with Gasteiger partial charge < -0.3 is 15.4 Å². The van der Waals surface area contributed by atoms with Crippen molar-refractivity contribution in [3.63, 3.8) is 0 Å². The zero-order valence-corrected chi connectivity index (χ0v) is 15.6. The van der Waals surface area contributed by atoms with E-state index in [-0.39, 0.29) is 24.1 Å². The Morgan fingerprint density at radius 2 is 2.04 bits per heavy atom. The third-order valence-electron chi connectivity index (χ3n) is 4.18. The maximum Gasteiger partial charge on any atom is 0.238 e. The van der Waals surface area contributed by atoms with E-state index in [2.05, 4.69) is 10.6 Å². The van der Waals surface area contributed by atoms with Crippen LogP contribution >= 0.6 is 12.4 Å². The lowest BCUT2D eigenvalue weighted by atomic mass is 10.2. The van der Waals surface area contributed by atoms with Crippen LogP contribution in [0.25, 0.3) is 0 Å². The van der Waals surface area contributed by atoms with Gasteiger partial charge in [0.15, 0.2) is 0 Å². The number of nitrogens with one attached hydrogen (secondary N) is 2. The average Bonchev–Trinajstić information content (AvgIpc) is 3.40. The summed E-state index contributed by atoms with van der Waals surface area (Å²) in [6.07, 6.45) is 2.54. The van der Waals surface area contributed by atoms with Crippen LogP contribution in [0.3, 0.4) is 0 Å². The van der Waals surface area contributed by atoms with Crippen molar-refractivity contribution in [2.24, 2.45) is 5.92 Å². The normalized spacial score (nSPS) is 13.0. The number of benzene rings is 2. The van der Waals surface area contributed by atoms with Gasteiger partial charge in [-0.2, -0.15) is 0 Å². The smallest absolute Gasteiger partial charge is 0.238 e. The largest absolute Gasteiger partial charge is 0.489 e. The van der Waals surface area contributed by atoms with Gasteiger partial charge in [0.05, 0.1) is 6.54 Å². The van der Waals surface area contributed by atoms with Crippen molar-refractivity contribution in [1.29, 1.82) is 0 Å². The second kappa shape index (κ2) is 9.55. The van der Waals surface area contributed by atoms with E-state index < -0.39 is 0 Å². The summed E-state index contributed by atoms with van der Waals surface area (Å²) in [5.41, 5.74) is 2.47. The SMILES string of the molecule is Cc1cc(OCc2cccc(F)c2)ccc1NC(=O)CNCC1CC1.Cl. The molecule has 2 aromatic rings. The molecule has 0 saturated heterocycles. The number of hydrogen-bond acceptors (Lipinski definition) is 3. The zero-order valence-electron chi connectivity index (χ0n) is 14.8. The number of carbonyl (C=O) groups is 1. The van der Waals surface area contributed by atoms with E-state index >= 15 is 0 Å². The number of ether oxygens (including phenoxy) is 1. The maximum atomic E-state index is 13.2. The van der Waals surface area contributed by atoms with Crippen molar-refractivity contribution in [1.82, 2.24) is 5.32 Å². The molecule has 26 heavy (non-hydrogen) atoms. The van der Waals surface area contributed by atoms with Gasteiger partial charge >= 0.3 is 0 Å². The van der Waals surface area contributed by atoms with Gasteiger partial charge in [0, 0.05) is 5.69 Å². The Bertz CT molecular complexity index is 750. The molecule has 1 saturated carbocycles. The molecule has 0 aliphatic heterocycles. The van der Waals surface area contributed by atoms with E-state index in [0.717, 1.165) is 29.3 Å². The topological polar surface area (TPSA) is 50.4 Å². The highest BCUT2D eigenvalue weighted by atomic mass is 35.5. The molecule has 1 fully saturated rings. The van der Waals surface area contributed by atoms with Crippen LogP contribution in [0.2, 0.25) is 0 Å². The number of aryl methyl sites for hydroxylation is 1. The highest BCUT2D eigenvalue weighted by Gasteiger charge is 2.20. The summed E-state index contributed by atoms with van der Waals surface area (Å²) < 4.78 is 18.9. The standard InChI is InChI=1S/C20H23FN2O2.ClH/c1-14-9-18(25-13-16-3-2-4-17(21)10-16)7-8-19(14)23-20(24)12-22-11-15-5-6-15;/h2-4,7-10,15,22H,5-6,11-13H2,1H3,(H,23,24);1H. The Morgan fingerprint density at radius 3 is 2.73 bits per heavy atom. The molecular weight excluding hydrogens is 355 g/mol. The average molecular weight is 379 g/mol. The van der Waals surface area contributed by atoms with E-state index in [9.17, 15) is 9.18 Å². The summed E-state index contributed by atoms with van der Waals surface area (Å²) in [5, 5.41) is 6.08. The van der Waals surface area contributed by atoms with Crippen molar-refractivity contribution in [3.05, 3.63) is 59.4 Å². The van der Waals surface area contributed by atoms with Gasteiger partial charge in [-0.25, -0.2) is 4.39 Å². The zero-order chi connectivity index (χ0) is 17.6. The van der Waals surface area contributed by atoms with Gasteiger partial charge in [0.1, 0.15) is 18.2 Å². The third kappa shape index (κ3) is 6.32. The molecule has 0 heterocycles. The minimum absolute atomic E-state index is 0. The summed E-state index contributed by atoms with van der Waals surface area (Å²) in [6.45, 7) is 3.46. The molecule has 0 atom stereocenters. The number of rotatable bonds is 8. The number of halogens is 2. The first-order valence-corrected chi connectivity index (χ1v) is 8.58. The van der Waals surface area contributed by atoms with Crippen LogP contribution in [0.15, 0.2) is 42.5 Å². The fraction of sp³-hybridized carbons (Fsp3) is 0.350. The highest BCUT2D eigenvalue weighted by molar-refractivity contribution is 5.93. The van der Waals surface area contributed by atoms with Crippen LogP contribution in [0.1, 0.15) is 24.0 Å². The van der Waals surface area contributed by atoms with Crippen LogP contribution in [0.4, 0.5) is 10.1 Å². The van der Waals surface area contributed by atoms with Gasteiger partial charge in [0.25, 0.3) is 0 Å². The molecule has 4 nitrogen and oxygen atoms in total. The van der Waals surface area contributed by atoms with Gasteiger partial charge in [0.2, 0.25) is 5.91 Å². The van der Waals surface area contributed by atoms with Crippen LogP contribution in [0, 0.1) is 18.7 Å². The summed E-state index contributed by atoms with van der Waals surface area (Å²) in [6, 6.07) is 11.8. The molecule has 3 rings (SSSR count). The molecule has 0 bridgehead atoms. The summed E-state index contributed by atoms with van der Waals surface area (Å²) in [7, 11) is 0. The fourth-order valence-corrected chi connectivity index (χ4v) is 2.57. The number of anilines is 1. The molecule has 140 valence electrons. The quantitative estimate of drug-likeness (QED) is 0.728. The minimum Gasteiger partial charge on any atom is -0.489 e. The predicted octanol–water partition coefficient (Wildman–Crippen LogP) is 4.07. The monoisotopic (exact) mass is 378 g/mol. The van der Waals surface area contributed by atoms with Crippen molar-refractivity contribution in [2.75, 3.05) is 18.4 Å². The van der Waals surface area contributed by atoms with Crippen molar-refractivity contribution in [3.8, 4) is 5.75 Å². The first-order chi connectivity index (χ1) is 12.1. The molecule has 0 spiro atoms. The molecule has 1 aliphatic rings. The lowest BCUT2D eigenvalue weighted by Crippen LogP contribution is -2.29. The molecule has 2 N–H and O–H groups in total. The Morgan fingerprint density at radius 1 is 1.23 bits per heavy atom. The second-order valence-electron chi connectivity index (χ2n) is 6.52. The van der Waals surface area contributed by atoms with Crippen LogP contribution in [0.5, 0.6) is 5.75 Å². The molecule has 0 unspecified atom stereocenters. The van der Waals surface area contributed by atoms with Gasteiger partial charge in [-0.3, -0.25) is 4.79 Å². The molecule has 0 radical (unpaired) electrons. The van der Waals surface area contributed by atoms with E-state index in [1.807, 2.05) is 25.1 Å². The van der Waals surface area contributed by atoms with Crippen molar-refractivity contribution < 1.29 is 13.9 Å². The molecular formula is C20H24ClFN2O2. The van der Waals surface area contributed by atoms with E-state index in [1.54, 1.807) is 12.1 Å². The summed E-state index contributed by atoms with van der Waals surface area (Å²) in [4.78, 5) is 12.0. The fourth-order valence-electron chi connectivity index (χ4n) is 2.57. The highest BCUT2D eigenvalue weighted by Crippen LogP contribution is 2.27. The van der Waals surface area contributed by atoms with Crippen LogP contribution < -0.4 is 15.4 Å². The number of amides is 1. The third-order valence-corrected chi connectivity index (χ3v) is 4.18. The molecule has 1 aliphatic carbocycles. The van der Waals surface area contributed by atoms with E-state index in [0.29, 0.717) is 18.9 Å². The summed E-state index contributed by atoms with van der Waals surface area (Å²) >= 11 is 0. The molecule has 6 heteroatoms. The first kappa shape index (κ1) is 20.2. The Labute approximate surface area is 159 Å². The van der Waals surface area contributed by atoms with Crippen molar-refractivity contribution in [2.45, 2.75) is 26.4 Å². The lowest BCUT2D eigenvalue weighted by Gasteiger charge is -2.12. The summed E-state index contributed by atoms with van der Waals surface area (Å²) in [5.74, 6) is 1.12. The van der Waals surface area contributed by atoms with Crippen molar-refractivity contribution >= 4 is 24.0 Å². The van der Waals surface area contributed by atoms with Gasteiger partial charge in [-0.15, -0.1) is 12.4 Å². The first-order valence-electron chi connectivity index (χ1n) is 8.58. The van der Waals surface area contributed by atoms with E-state index in [1.165, 1.54) is 25.0 Å². The lowest BCUT2D eigenvalue weighted by molar-refractivity contribution is -0.115. The molecule has 2 aromatic carbocycles. The Hall–Kier alpha value is -2.11. The van der Waals surface area contributed by atoms with Crippen LogP contribution in [-0.4, -0.2) is 19.0 Å². The molecule has 1 amide bonds. The maximum absolute atomic E-state index is 13.2. The second-order valence-corrected chi connectivity index (χ2v) is 6.52. The van der Waals surface area contributed by atoms with Gasteiger partial charge in [-0.05, 0) is 73.7 Å². The molecule has 0 aromatic heterocycles. The predicted molar refractivity (Wildman–Crippen MR) is 103 cm³/mol.